The van der Waals surface area contributed by atoms with Crippen LogP contribution in [-0.4, -0.2) is 15.9 Å². The zero-order chi connectivity index (χ0) is 37.9. The van der Waals surface area contributed by atoms with Crippen LogP contribution in [0.3, 0.4) is 0 Å². The summed E-state index contributed by atoms with van der Waals surface area (Å²) in [4.78, 5) is 24.9. The van der Waals surface area contributed by atoms with Crippen LogP contribution < -0.4 is 4.74 Å². The van der Waals surface area contributed by atoms with E-state index in [9.17, 15) is 4.79 Å². The molecule has 0 aliphatic heterocycles. The van der Waals surface area contributed by atoms with Gasteiger partial charge in [0, 0.05) is 39.2 Å². The van der Waals surface area contributed by atoms with Crippen molar-refractivity contribution >= 4 is 27.8 Å². The summed E-state index contributed by atoms with van der Waals surface area (Å²) in [7, 11) is 0. The minimum absolute atomic E-state index is 0.235. The predicted molar refractivity (Wildman–Crippen MR) is 226 cm³/mol. The number of pyridine rings is 2. The van der Waals surface area contributed by atoms with Crippen LogP contribution in [0, 0.1) is 13.8 Å². The molecule has 6 aromatic carbocycles. The van der Waals surface area contributed by atoms with E-state index in [1.165, 1.54) is 44.5 Å². The number of nitrogens with zero attached hydrogens (tertiary/aromatic N) is 2. The molecule has 10 rings (SSSR count). The Morgan fingerprint density at radius 1 is 0.536 bits per heavy atom. The molecule has 0 amide bonds. The Bertz CT molecular complexity index is 2810. The molecule has 0 fully saturated rings. The first-order valence-electron chi connectivity index (χ1n) is 19.7. The van der Waals surface area contributed by atoms with Crippen molar-refractivity contribution in [2.24, 2.45) is 0 Å². The first kappa shape index (κ1) is 34.1. The van der Waals surface area contributed by atoms with Crippen LogP contribution in [0.4, 0.5) is 0 Å². The fourth-order valence-corrected chi connectivity index (χ4v) is 9.78. The predicted octanol–water partition coefficient (Wildman–Crippen LogP) is 12.0. The number of rotatable bonds is 9. The van der Waals surface area contributed by atoms with Crippen molar-refractivity contribution in [3.63, 3.8) is 0 Å². The summed E-state index contributed by atoms with van der Waals surface area (Å²) in [5, 5.41) is 2.23. The molecule has 2 aliphatic rings. The number of esters is 1. The molecule has 4 nitrogen and oxygen atoms in total. The van der Waals surface area contributed by atoms with E-state index >= 15 is 0 Å². The summed E-state index contributed by atoms with van der Waals surface area (Å²) >= 11 is 0. The van der Waals surface area contributed by atoms with E-state index in [2.05, 4.69) is 141 Å². The largest absolute Gasteiger partial charge is 0.427 e. The van der Waals surface area contributed by atoms with Gasteiger partial charge >= 0.3 is 5.97 Å². The Morgan fingerprint density at radius 3 is 1.61 bits per heavy atom. The quantitative estimate of drug-likeness (QED) is 0.110. The second kappa shape index (κ2) is 13.4. The highest BCUT2D eigenvalue weighted by Gasteiger charge is 2.54. The zero-order valence-electron chi connectivity index (χ0n) is 31.8. The van der Waals surface area contributed by atoms with E-state index in [0.717, 1.165) is 58.0 Å². The third kappa shape index (κ3) is 5.62. The van der Waals surface area contributed by atoms with Gasteiger partial charge in [-0.2, -0.15) is 0 Å². The lowest BCUT2D eigenvalue weighted by atomic mass is 9.59. The van der Waals surface area contributed by atoms with Gasteiger partial charge in [0.1, 0.15) is 5.75 Å². The topological polar surface area (TPSA) is 52.1 Å². The van der Waals surface area contributed by atoms with Crippen LogP contribution >= 0.6 is 0 Å². The van der Waals surface area contributed by atoms with Crippen LogP contribution in [-0.2, 0) is 22.0 Å². The molecular formula is C52H42N2O2. The number of hydrogen-bond donors (Lipinski definition) is 0. The normalized spacial score (nSPS) is 17.7. The van der Waals surface area contributed by atoms with Crippen molar-refractivity contribution < 1.29 is 9.53 Å². The van der Waals surface area contributed by atoms with Crippen molar-refractivity contribution in [1.82, 2.24) is 9.97 Å². The van der Waals surface area contributed by atoms with Gasteiger partial charge in [0.25, 0.3) is 0 Å². The molecule has 2 heterocycles. The number of hydrogen-bond acceptors (Lipinski definition) is 4. The molecule has 0 radical (unpaired) electrons. The molecule has 2 atom stereocenters. The molecule has 4 heteroatoms. The highest BCUT2D eigenvalue weighted by atomic mass is 16.5. The molecular weight excluding hydrogens is 685 g/mol. The van der Waals surface area contributed by atoms with Crippen molar-refractivity contribution in [1.29, 1.82) is 0 Å². The van der Waals surface area contributed by atoms with Crippen LogP contribution in [0.2, 0.25) is 0 Å². The van der Waals surface area contributed by atoms with Crippen molar-refractivity contribution in [2.45, 2.75) is 56.8 Å². The first-order chi connectivity index (χ1) is 27.4. The lowest BCUT2D eigenvalue weighted by molar-refractivity contribution is -0.134. The summed E-state index contributed by atoms with van der Waals surface area (Å²) in [6.07, 6.45) is 3.29. The molecule has 2 aliphatic carbocycles. The van der Waals surface area contributed by atoms with Gasteiger partial charge in [0.2, 0.25) is 0 Å². The Balaban J connectivity index is 1.24. The monoisotopic (exact) mass is 726 g/mol. The zero-order valence-corrected chi connectivity index (χ0v) is 31.8. The Labute approximate surface area is 327 Å². The Kier molecular flexibility index (Phi) is 8.18. The van der Waals surface area contributed by atoms with Crippen molar-refractivity contribution in [3.8, 4) is 28.3 Å². The van der Waals surface area contributed by atoms with Crippen molar-refractivity contribution in [3.05, 3.63) is 197 Å². The molecule has 0 unspecified atom stereocenters. The SMILES string of the molecule is Cc1ccc2c(c1)[C@](CCC(=O)Oc1ccccc1)(C[C@]1(CCc3ccccc3)c3cc(C)ccc3-c3nc4ccccc4cc31)c1cc3ccccc3nc1-2. The lowest BCUT2D eigenvalue weighted by Gasteiger charge is -2.43. The van der Waals surface area contributed by atoms with Crippen molar-refractivity contribution in [2.75, 3.05) is 0 Å². The maximum Gasteiger partial charge on any atom is 0.311 e. The second-order valence-corrected chi connectivity index (χ2v) is 15.9. The van der Waals surface area contributed by atoms with Gasteiger partial charge in [-0.1, -0.05) is 132 Å². The van der Waals surface area contributed by atoms with Crippen LogP contribution in [0.15, 0.2) is 158 Å². The molecule has 0 N–H and O–H groups in total. The summed E-state index contributed by atoms with van der Waals surface area (Å²) in [5.41, 5.74) is 14.0. The molecule has 272 valence electrons. The highest BCUT2D eigenvalue weighted by Crippen LogP contribution is 2.62. The van der Waals surface area contributed by atoms with E-state index in [4.69, 9.17) is 14.7 Å². The van der Waals surface area contributed by atoms with E-state index in [1.54, 1.807) is 0 Å². The molecule has 0 spiro atoms. The number of carbonyl (C=O) groups is 1. The number of aryl methyl sites for hydroxylation is 3. The van der Waals surface area contributed by atoms with Gasteiger partial charge in [0.15, 0.2) is 0 Å². The standard InChI is InChI=1S/C52H42N2O2/c1-34-21-23-40-42(29-34)51(27-25-36-13-5-3-6-14-36,44-31-37-15-9-11-19-46(37)53-49(40)44)33-52(28-26-48(55)56-39-17-7-4-8-18-39)43-30-35(2)22-24-41(43)50-45(52)32-38-16-10-12-20-47(38)54-50/h3-24,29-32H,25-28,33H2,1-2H3/t51-,52+/m1/s1. The number of aromatic nitrogens is 2. The van der Waals surface area contributed by atoms with E-state index in [-0.39, 0.29) is 12.4 Å². The first-order valence-corrected chi connectivity index (χ1v) is 19.7. The maximum atomic E-state index is 14.0. The fourth-order valence-electron chi connectivity index (χ4n) is 9.78. The lowest BCUT2D eigenvalue weighted by Crippen LogP contribution is -2.39. The summed E-state index contributed by atoms with van der Waals surface area (Å²) in [6, 6.07) is 55.7. The Morgan fingerprint density at radius 2 is 1.04 bits per heavy atom. The minimum Gasteiger partial charge on any atom is -0.427 e. The van der Waals surface area contributed by atoms with Gasteiger partial charge in [-0.05, 0) is 104 Å². The molecule has 8 aromatic rings. The number of carbonyl (C=O) groups excluding carboxylic acids is 1. The van der Waals surface area contributed by atoms with E-state index < -0.39 is 10.8 Å². The van der Waals surface area contributed by atoms with Crippen LogP contribution in [0.5, 0.6) is 5.75 Å². The molecule has 56 heavy (non-hydrogen) atoms. The van der Waals surface area contributed by atoms with Gasteiger partial charge in [-0.25, -0.2) is 9.97 Å². The molecule has 2 aromatic heterocycles. The van der Waals surface area contributed by atoms with Crippen LogP contribution in [0.1, 0.15) is 64.6 Å². The number of para-hydroxylation sites is 3. The van der Waals surface area contributed by atoms with Gasteiger partial charge in [-0.3, -0.25) is 4.79 Å². The Hall–Kier alpha value is -6.39. The van der Waals surface area contributed by atoms with E-state index in [1.807, 2.05) is 30.3 Å². The van der Waals surface area contributed by atoms with Crippen LogP contribution in [0.25, 0.3) is 44.3 Å². The third-order valence-corrected chi connectivity index (χ3v) is 12.4. The summed E-state index contributed by atoms with van der Waals surface area (Å²) in [6.45, 7) is 4.37. The number of fused-ring (bicyclic) bond motifs is 8. The van der Waals surface area contributed by atoms with Gasteiger partial charge in [-0.15, -0.1) is 0 Å². The highest BCUT2D eigenvalue weighted by molar-refractivity contribution is 5.91. The average Bonchev–Trinajstić information content (AvgIpc) is 3.62. The summed E-state index contributed by atoms with van der Waals surface area (Å²) in [5.74, 6) is 0.328. The van der Waals surface area contributed by atoms with Gasteiger partial charge < -0.3 is 4.74 Å². The fraction of sp³-hybridized carbons (Fsp3) is 0.173. The third-order valence-electron chi connectivity index (χ3n) is 12.4. The average molecular weight is 727 g/mol. The molecule has 0 saturated heterocycles. The minimum atomic E-state index is -0.589. The smallest absolute Gasteiger partial charge is 0.311 e. The maximum absolute atomic E-state index is 14.0. The second-order valence-electron chi connectivity index (χ2n) is 15.9. The van der Waals surface area contributed by atoms with E-state index in [0.29, 0.717) is 12.2 Å². The number of benzene rings is 6. The summed E-state index contributed by atoms with van der Waals surface area (Å²) < 4.78 is 6.00. The molecule has 0 saturated carbocycles. The van der Waals surface area contributed by atoms with Gasteiger partial charge in [0.05, 0.1) is 22.4 Å². The number of ether oxygens (including phenoxy) is 1. The molecule has 0 bridgehead atoms.